The fourth-order valence-corrected chi connectivity index (χ4v) is 9.88. The summed E-state index contributed by atoms with van der Waals surface area (Å²) in [6, 6.07) is 2.17. The Balaban J connectivity index is 1.70. The van der Waals surface area contributed by atoms with Crippen molar-refractivity contribution < 1.29 is 14.4 Å². The Bertz CT molecular complexity index is 1130. The van der Waals surface area contributed by atoms with Crippen LogP contribution in [0.1, 0.15) is 93.4 Å². The number of nitriles is 1. The highest BCUT2D eigenvalue weighted by atomic mass is 16.1. The van der Waals surface area contributed by atoms with Crippen molar-refractivity contribution in [2.75, 3.05) is 0 Å². The highest BCUT2D eigenvalue weighted by Crippen LogP contribution is 2.74. The van der Waals surface area contributed by atoms with Gasteiger partial charge in [0.2, 0.25) is 0 Å². The summed E-state index contributed by atoms with van der Waals surface area (Å²) in [4.78, 5) is 39.9. The normalized spacial score (nSPS) is 47.7. The van der Waals surface area contributed by atoms with Crippen LogP contribution in [0, 0.1) is 61.6 Å². The minimum Gasteiger partial charge on any atom is -0.303 e. The van der Waals surface area contributed by atoms with Gasteiger partial charge in [-0.05, 0) is 79.1 Å². The number of rotatable bonds is 1. The summed E-state index contributed by atoms with van der Waals surface area (Å²) in [6.07, 6.45) is 11.4. The molecule has 0 aromatic heterocycles. The molecule has 4 heteroatoms. The van der Waals surface area contributed by atoms with E-state index in [2.05, 4.69) is 40.7 Å². The Morgan fingerprint density at radius 3 is 2.26 bits per heavy atom. The van der Waals surface area contributed by atoms with E-state index in [1.165, 1.54) is 6.29 Å². The molecule has 7 atom stereocenters. The van der Waals surface area contributed by atoms with Gasteiger partial charge in [-0.2, -0.15) is 5.26 Å². The molecule has 0 aromatic carbocycles. The van der Waals surface area contributed by atoms with Crippen LogP contribution in [0.25, 0.3) is 0 Å². The minimum atomic E-state index is -0.649. The lowest BCUT2D eigenvalue weighted by Gasteiger charge is -2.68. The van der Waals surface area contributed by atoms with Gasteiger partial charge < -0.3 is 4.79 Å². The van der Waals surface area contributed by atoms with E-state index in [9.17, 15) is 19.6 Å². The summed E-state index contributed by atoms with van der Waals surface area (Å²) in [5, 5.41) is 9.82. The number of carbonyl (C=O) groups excluding carboxylic acids is 3. The third-order valence-corrected chi connectivity index (χ3v) is 12.2. The molecule has 3 fully saturated rings. The van der Waals surface area contributed by atoms with Gasteiger partial charge in [-0.15, -0.1) is 0 Å². The maximum absolute atomic E-state index is 14.2. The molecular weight excluding hydrogens is 434 g/mol. The van der Waals surface area contributed by atoms with Crippen molar-refractivity contribution in [3.8, 4) is 6.07 Å². The van der Waals surface area contributed by atoms with Crippen LogP contribution in [0.3, 0.4) is 0 Å². The Labute approximate surface area is 210 Å². The second kappa shape index (κ2) is 7.05. The van der Waals surface area contributed by atoms with Crippen molar-refractivity contribution in [1.29, 1.82) is 5.26 Å². The van der Waals surface area contributed by atoms with E-state index in [1.807, 2.05) is 26.0 Å². The minimum absolute atomic E-state index is 0.0538. The topological polar surface area (TPSA) is 75.0 Å². The van der Waals surface area contributed by atoms with Crippen LogP contribution < -0.4 is 0 Å². The maximum atomic E-state index is 14.2. The van der Waals surface area contributed by atoms with Crippen molar-refractivity contribution in [2.45, 2.75) is 93.4 Å². The van der Waals surface area contributed by atoms with Crippen LogP contribution in [0.15, 0.2) is 23.3 Å². The molecule has 5 rings (SSSR count). The van der Waals surface area contributed by atoms with E-state index in [1.54, 1.807) is 0 Å². The first-order valence-corrected chi connectivity index (χ1v) is 13.5. The van der Waals surface area contributed by atoms with E-state index in [0.29, 0.717) is 0 Å². The van der Waals surface area contributed by atoms with Crippen LogP contribution in [0.5, 0.6) is 0 Å². The summed E-state index contributed by atoms with van der Waals surface area (Å²) in [6.45, 7) is 15.3. The first-order valence-electron chi connectivity index (χ1n) is 13.5. The molecule has 0 radical (unpaired) electrons. The molecule has 188 valence electrons. The lowest BCUT2D eigenvalue weighted by molar-refractivity contribution is -0.171. The first kappa shape index (κ1) is 24.7. The summed E-state index contributed by atoms with van der Waals surface area (Å²) < 4.78 is 0. The van der Waals surface area contributed by atoms with E-state index >= 15 is 0 Å². The molecule has 0 heterocycles. The zero-order chi connectivity index (χ0) is 25.8. The van der Waals surface area contributed by atoms with Crippen molar-refractivity contribution in [3.63, 3.8) is 0 Å². The Morgan fingerprint density at radius 2 is 1.63 bits per heavy atom. The van der Waals surface area contributed by atoms with Crippen molar-refractivity contribution >= 4 is 17.9 Å². The first-order chi connectivity index (χ1) is 16.1. The second-order valence-electron chi connectivity index (χ2n) is 14.6. The molecule has 2 unspecified atom stereocenters. The molecule has 4 nitrogen and oxygen atoms in total. The van der Waals surface area contributed by atoms with Crippen LogP contribution in [0.4, 0.5) is 0 Å². The van der Waals surface area contributed by atoms with E-state index in [0.717, 1.165) is 50.5 Å². The zero-order valence-corrected chi connectivity index (χ0v) is 22.6. The molecule has 3 saturated carbocycles. The lowest BCUT2D eigenvalue weighted by Crippen LogP contribution is -2.65. The van der Waals surface area contributed by atoms with Crippen molar-refractivity contribution in [1.82, 2.24) is 0 Å². The van der Waals surface area contributed by atoms with Crippen LogP contribution >= 0.6 is 0 Å². The van der Waals surface area contributed by atoms with Crippen molar-refractivity contribution in [2.24, 2.45) is 50.2 Å². The van der Waals surface area contributed by atoms with Gasteiger partial charge in [0.05, 0.1) is 5.57 Å². The average Bonchev–Trinajstić information content (AvgIpc) is 2.77. The maximum Gasteiger partial charge on any atom is 0.178 e. The molecule has 0 aromatic rings. The number of hydrogen-bond donors (Lipinski definition) is 0. The van der Waals surface area contributed by atoms with Gasteiger partial charge in [0.15, 0.2) is 11.6 Å². The smallest absolute Gasteiger partial charge is 0.178 e. The predicted molar refractivity (Wildman–Crippen MR) is 135 cm³/mol. The number of aldehydes is 1. The van der Waals surface area contributed by atoms with Crippen LogP contribution in [-0.4, -0.2) is 17.9 Å². The van der Waals surface area contributed by atoms with Gasteiger partial charge in [-0.3, -0.25) is 9.59 Å². The number of ketones is 2. The van der Waals surface area contributed by atoms with Crippen LogP contribution in [-0.2, 0) is 14.4 Å². The summed E-state index contributed by atoms with van der Waals surface area (Å²) in [5.41, 5.74) is -0.537. The van der Waals surface area contributed by atoms with Gasteiger partial charge in [-0.1, -0.05) is 60.1 Å². The third-order valence-electron chi connectivity index (χ3n) is 12.2. The fraction of sp³-hybridized carbons (Fsp3) is 0.742. The highest BCUT2D eigenvalue weighted by molar-refractivity contribution is 6.04. The van der Waals surface area contributed by atoms with Gasteiger partial charge in [0.25, 0.3) is 0 Å². The van der Waals surface area contributed by atoms with E-state index < -0.39 is 10.8 Å². The molecule has 5 aliphatic carbocycles. The van der Waals surface area contributed by atoms with E-state index in [-0.39, 0.29) is 56.6 Å². The van der Waals surface area contributed by atoms with Gasteiger partial charge in [-0.25, -0.2) is 0 Å². The number of fused-ring (bicyclic) bond motifs is 7. The standard InChI is InChI=1S/C31H41NO3/c1-26(2)10-12-31(18-33)13-11-30(7)24(20(31)16-26)21(34)14-23-28(5)15-19(17-32)25(35)27(3,4)22(28)8-9-29(23,30)6/h14-15,18,20,22,24H,8-13,16H2,1-7H3/t20?,22-,24?,28-,29+,30+,31+/m0/s1. The molecule has 5 aliphatic rings. The molecule has 0 N–H and O–H groups in total. The highest BCUT2D eigenvalue weighted by Gasteiger charge is 2.69. The molecule has 35 heavy (non-hydrogen) atoms. The Hall–Kier alpha value is -2.02. The predicted octanol–water partition coefficient (Wildman–Crippen LogP) is 6.40. The Morgan fingerprint density at radius 1 is 0.971 bits per heavy atom. The monoisotopic (exact) mass is 475 g/mol. The average molecular weight is 476 g/mol. The molecule has 0 amide bonds. The number of hydrogen-bond acceptors (Lipinski definition) is 4. The summed E-state index contributed by atoms with van der Waals surface area (Å²) in [5.74, 6) is 0.0586. The molecule has 0 aliphatic heterocycles. The molecular formula is C31H41NO3. The SMILES string of the molecule is CC1(C)CC[C@]2(C=O)CC[C@]3(C)C(C(=O)C=C4[C@@]5(C)C=C(C#N)C(=O)C(C)(C)[C@@H]5CC[C@]43C)C2C1. The number of nitrogens with zero attached hydrogens (tertiary/aromatic N) is 1. The van der Waals surface area contributed by atoms with Gasteiger partial charge in [0.1, 0.15) is 12.4 Å². The summed E-state index contributed by atoms with van der Waals surface area (Å²) >= 11 is 0. The van der Waals surface area contributed by atoms with Crippen molar-refractivity contribution in [3.05, 3.63) is 23.3 Å². The third kappa shape index (κ3) is 2.88. The van der Waals surface area contributed by atoms with Gasteiger partial charge in [0, 0.05) is 22.2 Å². The summed E-state index contributed by atoms with van der Waals surface area (Å²) in [7, 11) is 0. The van der Waals surface area contributed by atoms with Crippen LogP contribution in [0.2, 0.25) is 0 Å². The molecule has 0 spiro atoms. The molecule has 0 bridgehead atoms. The number of allylic oxidation sites excluding steroid dienone is 4. The largest absolute Gasteiger partial charge is 0.303 e. The lowest BCUT2D eigenvalue weighted by atomic mass is 9.34. The molecule has 0 saturated heterocycles. The fourth-order valence-electron chi connectivity index (χ4n) is 9.88. The van der Waals surface area contributed by atoms with E-state index in [4.69, 9.17) is 0 Å². The quantitative estimate of drug-likeness (QED) is 0.411. The number of carbonyl (C=O) groups is 3. The zero-order valence-electron chi connectivity index (χ0n) is 22.6. The Kier molecular flexibility index (Phi) is 4.97. The van der Waals surface area contributed by atoms with Gasteiger partial charge >= 0.3 is 0 Å². The number of Topliss-reactive ketones (excluding diaryl/α,β-unsaturated/α-hetero) is 1. The second-order valence-corrected chi connectivity index (χ2v) is 14.6.